The van der Waals surface area contributed by atoms with Gasteiger partial charge in [-0.25, -0.2) is 0 Å². The van der Waals surface area contributed by atoms with Crippen LogP contribution in [-0.4, -0.2) is 67.3 Å². The fraction of sp³-hybridized carbons (Fsp3) is 0. The summed E-state index contributed by atoms with van der Waals surface area (Å²) in [5, 5.41) is 0. The van der Waals surface area contributed by atoms with Crippen LogP contribution in [0.1, 0.15) is 0 Å². The van der Waals surface area contributed by atoms with Crippen LogP contribution in [0.15, 0.2) is 0 Å². The van der Waals surface area contributed by atoms with Gasteiger partial charge in [0.15, 0.2) is 0 Å². The molecule has 0 aromatic heterocycles. The van der Waals surface area contributed by atoms with Crippen LogP contribution in [0, 0.1) is 0 Å². The third-order valence-corrected chi connectivity index (χ3v) is 0. The summed E-state index contributed by atoms with van der Waals surface area (Å²) in [5.74, 6) is 0. The van der Waals surface area contributed by atoms with E-state index in [2.05, 4.69) is 0 Å². The summed E-state index contributed by atoms with van der Waals surface area (Å²) in [6.45, 7) is 0. The molecule has 0 aliphatic carbocycles. The Morgan fingerprint density at radius 3 is 1.20 bits per heavy atom. The Morgan fingerprint density at radius 1 is 1.20 bits per heavy atom. The Labute approximate surface area is 95.3 Å². The largest absolute Gasteiger partial charge is 0 e. The molecule has 1 nitrogen and oxygen atoms in total. The summed E-state index contributed by atoms with van der Waals surface area (Å²) in [4.78, 5) is 0. The maximum absolute atomic E-state index is 8.39. The molecule has 5 heavy (non-hydrogen) atoms. The predicted molar refractivity (Wildman–Crippen MR) is 17.9 cm³/mol. The van der Waals surface area contributed by atoms with E-state index < -0.39 is 0 Å². The molecule has 0 unspecified atom stereocenters. The van der Waals surface area contributed by atoms with Crippen LogP contribution >= 0.6 is 0 Å². The Kier molecular flexibility index (Phi) is 138. The van der Waals surface area contributed by atoms with Crippen molar-refractivity contribution >= 4 is 67.3 Å². The number of rotatable bonds is 0. The standard InChI is InChI=1S/Cd.Ge.O.Pb.Sn. The van der Waals surface area contributed by atoms with Crippen LogP contribution in [0.25, 0.3) is 0 Å². The zero-order valence-corrected chi connectivity index (χ0v) is 15.5. The van der Waals surface area contributed by atoms with Gasteiger partial charge in [0.2, 0.25) is 0 Å². The average Bonchev–Trinajstić information content (AvgIpc) is 1.00. The molecule has 0 saturated carbocycles. The van der Waals surface area contributed by atoms with Gasteiger partial charge in [-0.1, -0.05) is 0 Å². The molecule has 0 aliphatic heterocycles. The molecule has 10 radical (unpaired) electrons. The van der Waals surface area contributed by atoms with E-state index in [0.717, 1.165) is 0 Å². The Hall–Kier alpha value is 2.99. The van der Waals surface area contributed by atoms with Gasteiger partial charge >= 0.3 is 28.5 Å². The number of hydrogen-bond acceptors (Lipinski definition) is 1. The molecule has 0 aromatic carbocycles. The molecule has 0 saturated heterocycles. The van der Waals surface area contributed by atoms with E-state index in [1.165, 1.54) is 0 Å². The molecular weight excluding hydrogens is 527 g/mol. The van der Waals surface area contributed by atoms with Gasteiger partial charge in [0.05, 0.1) is 0 Å². The Balaban J connectivity index is -0.00000000167. The Morgan fingerprint density at radius 2 is 1.20 bits per heavy atom. The third-order valence-electron chi connectivity index (χ3n) is 0. The first-order valence-corrected chi connectivity index (χ1v) is 1.79. The molecule has 0 rings (SSSR count). The van der Waals surface area contributed by atoms with E-state index in [1.807, 2.05) is 0 Å². The first kappa shape index (κ1) is 24.5. The summed E-state index contributed by atoms with van der Waals surface area (Å²) < 4.78 is 8.39. The molecule has 0 aromatic rings. The van der Waals surface area contributed by atoms with Crippen LogP contribution in [-0.2, 0) is 30.0 Å². The fourth-order valence-electron chi connectivity index (χ4n) is 0. The molecule has 5 heteroatoms. The van der Waals surface area contributed by atoms with E-state index in [4.69, 9.17) is 2.69 Å². The summed E-state index contributed by atoms with van der Waals surface area (Å²) in [6.07, 6.45) is 0. The molecule has 0 fully saturated rings. The minimum absolute atomic E-state index is 0. The van der Waals surface area contributed by atoms with Gasteiger partial charge < -0.3 is 0 Å². The maximum atomic E-state index is 8.39. The SMILES string of the molecule is [Cd].[Ge].[O]=[Pb].[Sn]. The third kappa shape index (κ3) is 19.5. The van der Waals surface area contributed by atoms with Gasteiger partial charge in [0.25, 0.3) is 0 Å². The van der Waals surface area contributed by atoms with Gasteiger partial charge in [-0.15, -0.1) is 0 Å². The van der Waals surface area contributed by atoms with Gasteiger partial charge in [-0.2, -0.15) is 0 Å². The van der Waals surface area contributed by atoms with Gasteiger partial charge in [-0.3, -0.25) is 0 Å². The molecule has 0 amide bonds. The minimum Gasteiger partial charge on any atom is 0 e. The van der Waals surface area contributed by atoms with Crippen molar-refractivity contribution in [2.45, 2.75) is 0 Å². The minimum atomic E-state index is 0. The van der Waals surface area contributed by atoms with Crippen LogP contribution in [0.3, 0.4) is 0 Å². The quantitative estimate of drug-likeness (QED) is 0.360. The summed E-state index contributed by atoms with van der Waals surface area (Å²) in [6, 6.07) is 0. The van der Waals surface area contributed by atoms with Crippen molar-refractivity contribution in [3.8, 4) is 0 Å². The molecular formula is CdGeOPbSn. The van der Waals surface area contributed by atoms with Gasteiger partial charge in [-0.05, 0) is 0 Å². The molecule has 0 aliphatic rings. The summed E-state index contributed by atoms with van der Waals surface area (Å²) in [5.41, 5.74) is 0. The predicted octanol–water partition coefficient (Wildman–Crippen LogP) is -1.26. The molecule has 0 N–H and O–H groups in total. The average molecular weight is 527 g/mol. The van der Waals surface area contributed by atoms with Crippen molar-refractivity contribution in [3.05, 3.63) is 0 Å². The Bertz CT molecular complexity index is 11.6. The van der Waals surface area contributed by atoms with Crippen LogP contribution in [0.4, 0.5) is 0 Å². The first-order valence-electron chi connectivity index (χ1n) is 0.204. The molecule has 20 valence electrons. The van der Waals surface area contributed by atoms with Crippen molar-refractivity contribution in [2.24, 2.45) is 0 Å². The second-order valence-corrected chi connectivity index (χ2v) is 0. The van der Waals surface area contributed by atoms with Crippen molar-refractivity contribution in [1.29, 1.82) is 0 Å². The van der Waals surface area contributed by atoms with E-state index in [0.29, 0.717) is 0 Å². The van der Waals surface area contributed by atoms with Crippen LogP contribution in [0.5, 0.6) is 0 Å². The second-order valence-electron chi connectivity index (χ2n) is 0. The van der Waals surface area contributed by atoms with Crippen molar-refractivity contribution in [3.63, 3.8) is 0 Å². The second kappa shape index (κ2) is 28.1. The van der Waals surface area contributed by atoms with E-state index in [9.17, 15) is 0 Å². The normalized spacial score (nSPS) is 0.800. The van der Waals surface area contributed by atoms with Gasteiger partial charge in [0, 0.05) is 68.8 Å². The topological polar surface area (TPSA) is 17.1 Å². The molecule has 0 bridgehead atoms. The number of hydrogen-bond donors (Lipinski definition) is 0. The monoisotopic (exact) mass is 532 g/mol. The zero-order valence-electron chi connectivity index (χ0n) is 2.62. The summed E-state index contributed by atoms with van der Waals surface area (Å²) >= 11 is 0.0556. The summed E-state index contributed by atoms with van der Waals surface area (Å²) in [7, 11) is 0. The van der Waals surface area contributed by atoms with E-state index in [1.54, 1.807) is 0 Å². The van der Waals surface area contributed by atoms with E-state index in [-0.39, 0.29) is 94.6 Å². The first-order chi connectivity index (χ1) is 1.00. The van der Waals surface area contributed by atoms with Crippen molar-refractivity contribution in [1.82, 2.24) is 0 Å². The molecule has 0 atom stereocenters. The smallest absolute Gasteiger partial charge is 0 e. The van der Waals surface area contributed by atoms with E-state index >= 15 is 0 Å². The zero-order chi connectivity index (χ0) is 2.00. The van der Waals surface area contributed by atoms with Crippen molar-refractivity contribution in [2.75, 3.05) is 0 Å². The molecule has 0 spiro atoms. The molecule has 0 heterocycles. The fourth-order valence-corrected chi connectivity index (χ4v) is 0. The van der Waals surface area contributed by atoms with Crippen molar-refractivity contribution < 1.29 is 30.0 Å². The van der Waals surface area contributed by atoms with Crippen LogP contribution in [0.2, 0.25) is 0 Å². The maximum Gasteiger partial charge on any atom is 0 e. The van der Waals surface area contributed by atoms with Crippen LogP contribution < -0.4 is 0 Å². The van der Waals surface area contributed by atoms with Gasteiger partial charge in [0.1, 0.15) is 0 Å².